The standard InChI is InChI=1S/C10H8ClNO2S/c1-6(13)5-15-10-12-8-3-2-7(11)4-9(8)14-10/h2-4H,5H2,1H3. The van der Waals surface area contributed by atoms with Crippen LogP contribution in [0.2, 0.25) is 5.02 Å². The highest BCUT2D eigenvalue weighted by Gasteiger charge is 2.07. The Kier molecular flexibility index (Phi) is 2.98. The summed E-state index contributed by atoms with van der Waals surface area (Å²) in [6.07, 6.45) is 0. The third-order valence-corrected chi connectivity index (χ3v) is 2.94. The van der Waals surface area contributed by atoms with Gasteiger partial charge in [0.1, 0.15) is 11.3 Å². The molecule has 1 heterocycles. The van der Waals surface area contributed by atoms with E-state index in [-0.39, 0.29) is 5.78 Å². The minimum atomic E-state index is 0.0975. The van der Waals surface area contributed by atoms with E-state index in [9.17, 15) is 4.79 Å². The summed E-state index contributed by atoms with van der Waals surface area (Å²) < 4.78 is 5.41. The topological polar surface area (TPSA) is 43.1 Å². The number of carbonyl (C=O) groups excluding carboxylic acids is 1. The molecule has 3 nitrogen and oxygen atoms in total. The van der Waals surface area contributed by atoms with Crippen molar-refractivity contribution in [2.24, 2.45) is 0 Å². The molecule has 0 spiro atoms. The number of fused-ring (bicyclic) bond motifs is 1. The van der Waals surface area contributed by atoms with E-state index in [1.165, 1.54) is 18.7 Å². The number of carbonyl (C=O) groups is 1. The molecule has 0 unspecified atom stereocenters. The van der Waals surface area contributed by atoms with Crippen LogP contribution in [0.25, 0.3) is 11.1 Å². The maximum Gasteiger partial charge on any atom is 0.257 e. The van der Waals surface area contributed by atoms with Crippen molar-refractivity contribution in [3.63, 3.8) is 0 Å². The highest BCUT2D eigenvalue weighted by atomic mass is 35.5. The molecule has 0 N–H and O–H groups in total. The first-order chi connectivity index (χ1) is 7.15. The van der Waals surface area contributed by atoms with Gasteiger partial charge in [0.15, 0.2) is 5.58 Å². The molecule has 2 aromatic rings. The lowest BCUT2D eigenvalue weighted by atomic mass is 10.3. The van der Waals surface area contributed by atoms with Crippen LogP contribution < -0.4 is 0 Å². The molecule has 0 saturated heterocycles. The maximum absolute atomic E-state index is 10.8. The molecular weight excluding hydrogens is 234 g/mol. The van der Waals surface area contributed by atoms with Crippen molar-refractivity contribution in [1.29, 1.82) is 0 Å². The van der Waals surface area contributed by atoms with Crippen molar-refractivity contribution in [2.45, 2.75) is 12.1 Å². The molecule has 0 aliphatic heterocycles. The summed E-state index contributed by atoms with van der Waals surface area (Å²) in [5, 5.41) is 1.12. The second-order valence-corrected chi connectivity index (χ2v) is 4.45. The lowest BCUT2D eigenvalue weighted by Crippen LogP contribution is -1.92. The van der Waals surface area contributed by atoms with Crippen LogP contribution in [0.1, 0.15) is 6.92 Å². The van der Waals surface area contributed by atoms with Crippen molar-refractivity contribution in [3.05, 3.63) is 23.2 Å². The second-order valence-electron chi connectivity index (χ2n) is 3.08. The summed E-state index contributed by atoms with van der Waals surface area (Å²) in [5.41, 5.74) is 1.40. The minimum Gasteiger partial charge on any atom is -0.431 e. The van der Waals surface area contributed by atoms with Crippen molar-refractivity contribution in [1.82, 2.24) is 4.98 Å². The van der Waals surface area contributed by atoms with Crippen LogP contribution in [-0.2, 0) is 4.79 Å². The molecule has 1 aromatic carbocycles. The molecule has 0 bridgehead atoms. The fraction of sp³-hybridized carbons (Fsp3) is 0.200. The number of ketones is 1. The van der Waals surface area contributed by atoms with E-state index in [1.54, 1.807) is 18.2 Å². The zero-order chi connectivity index (χ0) is 10.8. The van der Waals surface area contributed by atoms with Gasteiger partial charge < -0.3 is 4.42 Å². The fourth-order valence-corrected chi connectivity index (χ4v) is 1.90. The fourth-order valence-electron chi connectivity index (χ4n) is 1.10. The van der Waals surface area contributed by atoms with E-state index in [2.05, 4.69) is 4.98 Å². The Morgan fingerprint density at radius 2 is 2.40 bits per heavy atom. The molecular formula is C10H8ClNO2S. The first-order valence-corrected chi connectivity index (χ1v) is 5.70. The van der Waals surface area contributed by atoms with Gasteiger partial charge in [-0.1, -0.05) is 23.4 Å². The number of hydrogen-bond acceptors (Lipinski definition) is 4. The van der Waals surface area contributed by atoms with Gasteiger partial charge in [-0.15, -0.1) is 0 Å². The lowest BCUT2D eigenvalue weighted by Gasteiger charge is -1.89. The lowest BCUT2D eigenvalue weighted by molar-refractivity contribution is -0.114. The molecule has 0 aliphatic rings. The minimum absolute atomic E-state index is 0.0975. The van der Waals surface area contributed by atoms with E-state index >= 15 is 0 Å². The summed E-state index contributed by atoms with van der Waals surface area (Å²) in [4.78, 5) is 15.0. The van der Waals surface area contributed by atoms with Gasteiger partial charge in [-0.05, 0) is 19.1 Å². The summed E-state index contributed by atoms with van der Waals surface area (Å²) in [6.45, 7) is 1.53. The normalized spacial score (nSPS) is 10.8. The van der Waals surface area contributed by atoms with E-state index in [0.29, 0.717) is 21.6 Å². The summed E-state index contributed by atoms with van der Waals surface area (Å²) >= 11 is 7.10. The van der Waals surface area contributed by atoms with Gasteiger partial charge in [0.05, 0.1) is 5.75 Å². The molecule has 0 amide bonds. The van der Waals surface area contributed by atoms with Crippen LogP contribution in [0, 0.1) is 0 Å². The smallest absolute Gasteiger partial charge is 0.257 e. The Morgan fingerprint density at radius 3 is 3.13 bits per heavy atom. The van der Waals surface area contributed by atoms with Crippen LogP contribution in [-0.4, -0.2) is 16.5 Å². The predicted octanol–water partition coefficient (Wildman–Crippen LogP) is 3.16. The summed E-state index contributed by atoms with van der Waals surface area (Å²) in [5.74, 6) is 0.473. The molecule has 0 saturated carbocycles. The Labute approximate surface area is 95.8 Å². The largest absolute Gasteiger partial charge is 0.431 e. The monoisotopic (exact) mass is 241 g/mol. The van der Waals surface area contributed by atoms with E-state index in [0.717, 1.165) is 5.52 Å². The number of Topliss-reactive ketones (excluding diaryl/α,β-unsaturated/α-hetero) is 1. The number of aromatic nitrogens is 1. The first-order valence-electron chi connectivity index (χ1n) is 4.33. The van der Waals surface area contributed by atoms with Crippen molar-refractivity contribution < 1.29 is 9.21 Å². The first kappa shape index (κ1) is 10.5. The van der Waals surface area contributed by atoms with E-state index in [4.69, 9.17) is 16.0 Å². The Bertz CT molecular complexity index is 509. The van der Waals surface area contributed by atoms with E-state index in [1.807, 2.05) is 0 Å². The number of halogens is 1. The summed E-state index contributed by atoms with van der Waals surface area (Å²) in [6, 6.07) is 5.26. The SMILES string of the molecule is CC(=O)CSc1nc2ccc(Cl)cc2o1. The molecule has 5 heteroatoms. The van der Waals surface area contributed by atoms with Gasteiger partial charge in [-0.25, -0.2) is 4.98 Å². The number of nitrogens with zero attached hydrogens (tertiary/aromatic N) is 1. The number of rotatable bonds is 3. The van der Waals surface area contributed by atoms with Crippen LogP contribution in [0.3, 0.4) is 0 Å². The van der Waals surface area contributed by atoms with Crippen LogP contribution in [0.15, 0.2) is 27.8 Å². The number of benzene rings is 1. The van der Waals surface area contributed by atoms with Gasteiger partial charge in [0, 0.05) is 11.1 Å². The highest BCUT2D eigenvalue weighted by Crippen LogP contribution is 2.25. The predicted molar refractivity (Wildman–Crippen MR) is 60.4 cm³/mol. The number of oxazole rings is 1. The molecule has 0 radical (unpaired) electrons. The average Bonchev–Trinajstić information content (AvgIpc) is 2.56. The molecule has 0 atom stereocenters. The van der Waals surface area contributed by atoms with Crippen LogP contribution in [0.4, 0.5) is 0 Å². The van der Waals surface area contributed by atoms with Crippen molar-refractivity contribution in [2.75, 3.05) is 5.75 Å². The van der Waals surface area contributed by atoms with Gasteiger partial charge in [-0.2, -0.15) is 0 Å². The molecule has 2 rings (SSSR count). The molecule has 1 aromatic heterocycles. The molecule has 0 aliphatic carbocycles. The average molecular weight is 242 g/mol. The maximum atomic E-state index is 10.8. The second kappa shape index (κ2) is 4.24. The highest BCUT2D eigenvalue weighted by molar-refractivity contribution is 7.99. The van der Waals surface area contributed by atoms with Gasteiger partial charge >= 0.3 is 0 Å². The molecule has 15 heavy (non-hydrogen) atoms. The Balaban J connectivity index is 2.27. The molecule has 78 valence electrons. The van der Waals surface area contributed by atoms with Gasteiger partial charge in [-0.3, -0.25) is 4.79 Å². The summed E-state index contributed by atoms with van der Waals surface area (Å²) in [7, 11) is 0. The zero-order valence-corrected chi connectivity index (χ0v) is 9.56. The van der Waals surface area contributed by atoms with Crippen molar-refractivity contribution >= 4 is 40.2 Å². The Hall–Kier alpha value is -1.00. The van der Waals surface area contributed by atoms with Gasteiger partial charge in [0.2, 0.25) is 0 Å². The van der Waals surface area contributed by atoms with Crippen LogP contribution >= 0.6 is 23.4 Å². The third kappa shape index (κ3) is 2.52. The number of thioether (sulfide) groups is 1. The quantitative estimate of drug-likeness (QED) is 0.775. The zero-order valence-electron chi connectivity index (χ0n) is 7.99. The molecule has 0 fully saturated rings. The van der Waals surface area contributed by atoms with E-state index < -0.39 is 0 Å². The van der Waals surface area contributed by atoms with Crippen molar-refractivity contribution in [3.8, 4) is 0 Å². The van der Waals surface area contributed by atoms with Gasteiger partial charge in [0.25, 0.3) is 5.22 Å². The third-order valence-electron chi connectivity index (χ3n) is 1.73. The number of hydrogen-bond donors (Lipinski definition) is 0. The van der Waals surface area contributed by atoms with Crippen LogP contribution in [0.5, 0.6) is 0 Å². The Morgan fingerprint density at radius 1 is 1.60 bits per heavy atom.